The van der Waals surface area contributed by atoms with Gasteiger partial charge in [-0.15, -0.1) is 0 Å². The second-order valence-electron chi connectivity index (χ2n) is 5.79. The molecule has 1 aromatic rings. The first-order valence-corrected chi connectivity index (χ1v) is 8.01. The van der Waals surface area contributed by atoms with E-state index in [1.807, 2.05) is 0 Å². The van der Waals surface area contributed by atoms with Crippen LogP contribution in [0.4, 0.5) is 8.78 Å². The van der Waals surface area contributed by atoms with Crippen LogP contribution in [0.25, 0.3) is 0 Å². The summed E-state index contributed by atoms with van der Waals surface area (Å²) in [5.41, 5.74) is 0.147. The van der Waals surface area contributed by atoms with E-state index in [0.29, 0.717) is 26.1 Å². The molecule has 0 spiro atoms. The van der Waals surface area contributed by atoms with Crippen LogP contribution >= 0.6 is 0 Å². The Kier molecular flexibility index (Phi) is 6.66. The maximum atomic E-state index is 13.7. The lowest BCUT2D eigenvalue weighted by atomic mass is 10.0. The molecule has 0 atom stereocenters. The highest BCUT2D eigenvalue weighted by molar-refractivity contribution is 5.77. The lowest BCUT2D eigenvalue weighted by Gasteiger charge is -2.34. The van der Waals surface area contributed by atoms with Gasteiger partial charge in [-0.2, -0.15) is 0 Å². The van der Waals surface area contributed by atoms with Gasteiger partial charge < -0.3 is 14.7 Å². The number of aryl methyl sites for hydroxylation is 1. The molecule has 1 aliphatic heterocycles. The molecule has 0 unspecified atom stereocenters. The summed E-state index contributed by atoms with van der Waals surface area (Å²) in [7, 11) is 0. The molecule has 2 rings (SSSR count). The van der Waals surface area contributed by atoms with Crippen LogP contribution in [-0.2, 0) is 20.7 Å². The van der Waals surface area contributed by atoms with Crippen molar-refractivity contribution in [3.8, 4) is 0 Å². The number of carboxylic acid groups (broad SMARTS) is 1. The zero-order valence-corrected chi connectivity index (χ0v) is 13.3. The van der Waals surface area contributed by atoms with Crippen molar-refractivity contribution in [2.75, 3.05) is 19.8 Å². The average Bonchev–Trinajstić information content (AvgIpc) is 2.57. The molecule has 0 aliphatic carbocycles. The van der Waals surface area contributed by atoms with Crippen molar-refractivity contribution in [3.63, 3.8) is 0 Å². The standard InChI is InChI=1S/C17H21F2NO4/c18-14-3-1-2-12(17(14)19)4-5-15(21)20(9-6-16(22)23)13-7-10-24-11-8-13/h1-3,13H,4-11H2,(H,22,23). The van der Waals surface area contributed by atoms with Gasteiger partial charge in [0.15, 0.2) is 11.6 Å². The van der Waals surface area contributed by atoms with Crippen LogP contribution in [0.3, 0.4) is 0 Å². The van der Waals surface area contributed by atoms with Gasteiger partial charge in [0.25, 0.3) is 0 Å². The monoisotopic (exact) mass is 341 g/mol. The fourth-order valence-electron chi connectivity index (χ4n) is 2.85. The topological polar surface area (TPSA) is 66.8 Å². The van der Waals surface area contributed by atoms with E-state index in [2.05, 4.69) is 0 Å². The smallest absolute Gasteiger partial charge is 0.305 e. The van der Waals surface area contributed by atoms with Gasteiger partial charge in [-0.3, -0.25) is 9.59 Å². The molecule has 1 amide bonds. The minimum absolute atomic E-state index is 0.0113. The van der Waals surface area contributed by atoms with Crippen LogP contribution in [0.1, 0.15) is 31.2 Å². The number of hydrogen-bond donors (Lipinski definition) is 1. The van der Waals surface area contributed by atoms with Crippen LogP contribution in [0.2, 0.25) is 0 Å². The Bertz CT molecular complexity index is 588. The molecule has 0 bridgehead atoms. The predicted molar refractivity (Wildman–Crippen MR) is 82.5 cm³/mol. The molecule has 0 radical (unpaired) electrons. The first-order chi connectivity index (χ1) is 11.5. The molecule has 1 aromatic carbocycles. The molecule has 24 heavy (non-hydrogen) atoms. The first-order valence-electron chi connectivity index (χ1n) is 8.01. The fourth-order valence-corrected chi connectivity index (χ4v) is 2.85. The molecule has 1 aliphatic rings. The molecule has 0 aromatic heterocycles. The van der Waals surface area contributed by atoms with Gasteiger partial charge in [-0.05, 0) is 30.9 Å². The van der Waals surface area contributed by atoms with E-state index in [9.17, 15) is 18.4 Å². The molecule has 132 valence electrons. The lowest BCUT2D eigenvalue weighted by molar-refractivity contribution is -0.140. The second-order valence-corrected chi connectivity index (χ2v) is 5.79. The average molecular weight is 341 g/mol. The quantitative estimate of drug-likeness (QED) is 0.827. The van der Waals surface area contributed by atoms with Crippen LogP contribution in [0, 0.1) is 11.6 Å². The molecular formula is C17H21F2NO4. The highest BCUT2D eigenvalue weighted by Crippen LogP contribution is 2.18. The summed E-state index contributed by atoms with van der Waals surface area (Å²) in [4.78, 5) is 24.9. The van der Waals surface area contributed by atoms with Gasteiger partial charge in [0.05, 0.1) is 6.42 Å². The number of rotatable bonds is 7. The Morgan fingerprint density at radius 1 is 1.21 bits per heavy atom. The fraction of sp³-hybridized carbons (Fsp3) is 0.529. The minimum atomic E-state index is -0.976. The zero-order valence-electron chi connectivity index (χ0n) is 13.3. The van der Waals surface area contributed by atoms with E-state index in [4.69, 9.17) is 9.84 Å². The molecule has 7 heteroatoms. The van der Waals surface area contributed by atoms with Gasteiger partial charge in [0.1, 0.15) is 0 Å². The van der Waals surface area contributed by atoms with Crippen molar-refractivity contribution < 1.29 is 28.2 Å². The van der Waals surface area contributed by atoms with E-state index in [1.165, 1.54) is 12.1 Å². The third kappa shape index (κ3) is 4.99. The van der Waals surface area contributed by atoms with Crippen molar-refractivity contribution in [2.24, 2.45) is 0 Å². The summed E-state index contributed by atoms with van der Waals surface area (Å²) in [5.74, 6) is -3.09. The van der Waals surface area contributed by atoms with Crippen LogP contribution in [0.5, 0.6) is 0 Å². The van der Waals surface area contributed by atoms with E-state index >= 15 is 0 Å². The van der Waals surface area contributed by atoms with Gasteiger partial charge in [0.2, 0.25) is 5.91 Å². The number of amides is 1. The summed E-state index contributed by atoms with van der Waals surface area (Å²) in [6.07, 6.45) is 1.25. The Hall–Kier alpha value is -2.02. The number of nitrogens with zero attached hydrogens (tertiary/aromatic N) is 1. The molecule has 0 saturated carbocycles. The Labute approximate surface area is 139 Å². The van der Waals surface area contributed by atoms with Crippen molar-refractivity contribution >= 4 is 11.9 Å². The third-order valence-electron chi connectivity index (χ3n) is 4.16. The van der Waals surface area contributed by atoms with E-state index in [-0.39, 0.29) is 43.3 Å². The van der Waals surface area contributed by atoms with Crippen LogP contribution < -0.4 is 0 Å². The summed E-state index contributed by atoms with van der Waals surface area (Å²) in [6, 6.07) is 3.81. The number of ether oxygens (including phenoxy) is 1. The summed E-state index contributed by atoms with van der Waals surface area (Å²) >= 11 is 0. The first kappa shape index (κ1) is 18.3. The molecule has 5 nitrogen and oxygen atoms in total. The number of benzene rings is 1. The van der Waals surface area contributed by atoms with Crippen molar-refractivity contribution in [3.05, 3.63) is 35.4 Å². The molecular weight excluding hydrogens is 320 g/mol. The highest BCUT2D eigenvalue weighted by atomic mass is 19.2. The maximum absolute atomic E-state index is 13.7. The molecule has 1 saturated heterocycles. The summed E-state index contributed by atoms with van der Waals surface area (Å²) in [5, 5.41) is 8.86. The normalized spacial score (nSPS) is 15.2. The number of hydrogen-bond acceptors (Lipinski definition) is 3. The van der Waals surface area contributed by atoms with E-state index < -0.39 is 17.6 Å². The second kappa shape index (κ2) is 8.73. The van der Waals surface area contributed by atoms with Gasteiger partial charge in [-0.1, -0.05) is 12.1 Å². The maximum Gasteiger partial charge on any atom is 0.305 e. The number of aliphatic carboxylic acids is 1. The van der Waals surface area contributed by atoms with Crippen molar-refractivity contribution in [1.29, 1.82) is 0 Å². The number of carbonyl (C=O) groups is 2. The summed E-state index contributed by atoms with van der Waals surface area (Å²) in [6.45, 7) is 1.17. The molecule has 1 fully saturated rings. The van der Waals surface area contributed by atoms with E-state index in [1.54, 1.807) is 4.90 Å². The molecule has 1 heterocycles. The SMILES string of the molecule is O=C(O)CCN(C(=O)CCc1cccc(F)c1F)C1CCOCC1. The summed E-state index contributed by atoms with van der Waals surface area (Å²) < 4.78 is 32.1. The van der Waals surface area contributed by atoms with Crippen molar-refractivity contribution in [2.45, 2.75) is 38.1 Å². The van der Waals surface area contributed by atoms with Crippen molar-refractivity contribution in [1.82, 2.24) is 4.90 Å². The zero-order chi connectivity index (χ0) is 17.5. The highest BCUT2D eigenvalue weighted by Gasteiger charge is 2.26. The number of carbonyl (C=O) groups excluding carboxylic acids is 1. The lowest BCUT2D eigenvalue weighted by Crippen LogP contribution is -2.44. The van der Waals surface area contributed by atoms with Gasteiger partial charge in [0, 0.05) is 32.2 Å². The minimum Gasteiger partial charge on any atom is -0.481 e. The van der Waals surface area contributed by atoms with E-state index in [0.717, 1.165) is 6.07 Å². The Balaban J connectivity index is 2.00. The van der Waals surface area contributed by atoms with Gasteiger partial charge >= 0.3 is 5.97 Å². The Morgan fingerprint density at radius 3 is 2.58 bits per heavy atom. The van der Waals surface area contributed by atoms with Crippen LogP contribution in [0.15, 0.2) is 18.2 Å². The third-order valence-corrected chi connectivity index (χ3v) is 4.16. The van der Waals surface area contributed by atoms with Gasteiger partial charge in [-0.25, -0.2) is 8.78 Å². The Morgan fingerprint density at radius 2 is 1.92 bits per heavy atom. The van der Waals surface area contributed by atoms with Crippen LogP contribution in [-0.4, -0.2) is 47.7 Å². The predicted octanol–water partition coefficient (Wildman–Crippen LogP) is 2.38. The largest absolute Gasteiger partial charge is 0.481 e. The number of carboxylic acids is 1. The molecule has 1 N–H and O–H groups in total. The number of halogens is 2.